The van der Waals surface area contributed by atoms with Crippen LogP contribution >= 0.6 is 0 Å². The predicted octanol–water partition coefficient (Wildman–Crippen LogP) is 0.684. The van der Waals surface area contributed by atoms with E-state index in [0.717, 1.165) is 5.56 Å². The number of amides is 1. The second-order valence-electron chi connectivity index (χ2n) is 4.99. The van der Waals surface area contributed by atoms with Gasteiger partial charge in [-0.05, 0) is 5.56 Å². The summed E-state index contributed by atoms with van der Waals surface area (Å²) in [6.45, 7) is 0.300. The summed E-state index contributed by atoms with van der Waals surface area (Å²) in [4.78, 5) is 24.7. The van der Waals surface area contributed by atoms with Crippen molar-refractivity contribution in [3.05, 3.63) is 35.9 Å². The molecule has 0 radical (unpaired) electrons. The molecule has 1 aromatic rings. The van der Waals surface area contributed by atoms with Crippen LogP contribution in [0, 0.1) is 0 Å². The number of esters is 1. The van der Waals surface area contributed by atoms with Gasteiger partial charge in [0, 0.05) is 0 Å². The molecule has 3 rings (SSSR count). The lowest BCUT2D eigenvalue weighted by molar-refractivity contribution is -0.144. The lowest BCUT2D eigenvalue weighted by Crippen LogP contribution is -2.37. The summed E-state index contributed by atoms with van der Waals surface area (Å²) < 4.78 is 10.2. The lowest BCUT2D eigenvalue weighted by Gasteiger charge is -2.20. The summed E-state index contributed by atoms with van der Waals surface area (Å²) in [5, 5.41) is 9.80. The highest BCUT2D eigenvalue weighted by Gasteiger charge is 2.51. The monoisotopic (exact) mass is 277 g/mol. The van der Waals surface area contributed by atoms with Crippen LogP contribution in [0.2, 0.25) is 0 Å². The molecule has 3 atom stereocenters. The molecule has 0 aliphatic carbocycles. The zero-order valence-corrected chi connectivity index (χ0v) is 10.8. The molecule has 106 valence electrons. The van der Waals surface area contributed by atoms with E-state index in [9.17, 15) is 14.7 Å². The number of ether oxygens (including phenoxy) is 2. The van der Waals surface area contributed by atoms with Crippen molar-refractivity contribution in [2.24, 2.45) is 0 Å². The molecule has 20 heavy (non-hydrogen) atoms. The van der Waals surface area contributed by atoms with E-state index in [-0.39, 0.29) is 25.5 Å². The Hall–Kier alpha value is -2.08. The van der Waals surface area contributed by atoms with Gasteiger partial charge in [0.05, 0.1) is 19.0 Å². The van der Waals surface area contributed by atoms with Gasteiger partial charge in [0.1, 0.15) is 12.7 Å². The highest BCUT2D eigenvalue weighted by Crippen LogP contribution is 2.30. The van der Waals surface area contributed by atoms with Crippen LogP contribution in [0.3, 0.4) is 0 Å². The van der Waals surface area contributed by atoms with E-state index in [4.69, 9.17) is 9.47 Å². The van der Waals surface area contributed by atoms with E-state index in [2.05, 4.69) is 0 Å². The number of fused-ring (bicyclic) bond motifs is 1. The molecule has 0 saturated carbocycles. The predicted molar refractivity (Wildman–Crippen MR) is 67.6 cm³/mol. The number of rotatable bonds is 2. The second-order valence-corrected chi connectivity index (χ2v) is 4.99. The standard InChI is InChI=1S/C14H15NO5/c16-11-7-15(10-6-12(17)20-13(10)11)14(18)19-8-9-4-2-1-3-5-9/h1-5,10-11,13,16H,6-8H2/t10-,11-,13+/m1/s1. The highest BCUT2D eigenvalue weighted by atomic mass is 16.6. The Morgan fingerprint density at radius 1 is 1.40 bits per heavy atom. The third-order valence-corrected chi connectivity index (χ3v) is 3.63. The van der Waals surface area contributed by atoms with Crippen molar-refractivity contribution in [3.63, 3.8) is 0 Å². The molecule has 1 amide bonds. The number of aliphatic hydroxyl groups excluding tert-OH is 1. The zero-order valence-electron chi connectivity index (χ0n) is 10.8. The molecule has 2 fully saturated rings. The smallest absolute Gasteiger partial charge is 0.410 e. The normalized spacial score (nSPS) is 28.1. The first-order valence-corrected chi connectivity index (χ1v) is 6.50. The van der Waals surface area contributed by atoms with Gasteiger partial charge in [-0.15, -0.1) is 0 Å². The van der Waals surface area contributed by atoms with Crippen LogP contribution in [0.25, 0.3) is 0 Å². The summed E-state index contributed by atoms with van der Waals surface area (Å²) in [7, 11) is 0. The fourth-order valence-electron chi connectivity index (χ4n) is 2.64. The molecule has 0 bridgehead atoms. The molecule has 6 nitrogen and oxygen atoms in total. The maximum atomic E-state index is 12.0. The third kappa shape index (κ3) is 2.34. The minimum Gasteiger partial charge on any atom is -0.457 e. The van der Waals surface area contributed by atoms with E-state index in [1.54, 1.807) is 0 Å². The number of carbonyl (C=O) groups is 2. The molecule has 0 aromatic heterocycles. The Morgan fingerprint density at radius 2 is 2.15 bits per heavy atom. The first-order valence-electron chi connectivity index (χ1n) is 6.50. The number of benzene rings is 1. The number of hydrogen-bond donors (Lipinski definition) is 1. The molecule has 0 unspecified atom stereocenters. The number of carbonyl (C=O) groups excluding carboxylic acids is 2. The van der Waals surface area contributed by atoms with E-state index in [1.165, 1.54) is 4.90 Å². The van der Waals surface area contributed by atoms with Gasteiger partial charge in [0.25, 0.3) is 0 Å². The first-order chi connectivity index (χ1) is 9.65. The Bertz CT molecular complexity index is 518. The number of hydrogen-bond acceptors (Lipinski definition) is 5. The average Bonchev–Trinajstić information content (AvgIpc) is 2.97. The van der Waals surface area contributed by atoms with Crippen LogP contribution in [0.1, 0.15) is 12.0 Å². The van der Waals surface area contributed by atoms with Gasteiger partial charge < -0.3 is 14.6 Å². The van der Waals surface area contributed by atoms with Crippen LogP contribution < -0.4 is 0 Å². The second kappa shape index (κ2) is 5.13. The van der Waals surface area contributed by atoms with E-state index in [1.807, 2.05) is 30.3 Å². The Labute approximate surface area is 115 Å². The van der Waals surface area contributed by atoms with Crippen molar-refractivity contribution < 1.29 is 24.2 Å². The zero-order chi connectivity index (χ0) is 14.1. The van der Waals surface area contributed by atoms with Crippen molar-refractivity contribution in [2.45, 2.75) is 31.3 Å². The van der Waals surface area contributed by atoms with Crippen molar-refractivity contribution in [3.8, 4) is 0 Å². The van der Waals surface area contributed by atoms with Crippen LogP contribution in [0.5, 0.6) is 0 Å². The van der Waals surface area contributed by atoms with Crippen molar-refractivity contribution in [1.29, 1.82) is 0 Å². The number of aliphatic hydroxyl groups is 1. The van der Waals surface area contributed by atoms with Crippen LogP contribution in [0.15, 0.2) is 30.3 Å². The molecule has 2 aliphatic heterocycles. The number of β-amino-alcohol motifs (C(OH)–C–C–N with tert-alkyl or cyclic N) is 1. The summed E-state index contributed by atoms with van der Waals surface area (Å²) in [5.41, 5.74) is 0.885. The van der Waals surface area contributed by atoms with Crippen molar-refractivity contribution in [2.75, 3.05) is 6.54 Å². The summed E-state index contributed by atoms with van der Waals surface area (Å²) in [6.07, 6.45) is -1.87. The molecule has 2 aliphatic rings. The first kappa shape index (κ1) is 12.9. The Balaban J connectivity index is 1.61. The van der Waals surface area contributed by atoms with Crippen LogP contribution in [-0.4, -0.2) is 46.9 Å². The van der Waals surface area contributed by atoms with Gasteiger partial charge >= 0.3 is 12.1 Å². The quantitative estimate of drug-likeness (QED) is 0.805. The number of likely N-dealkylation sites (tertiary alicyclic amines) is 1. The maximum absolute atomic E-state index is 12.0. The van der Waals surface area contributed by atoms with Crippen molar-refractivity contribution >= 4 is 12.1 Å². The molecule has 6 heteroatoms. The van der Waals surface area contributed by atoms with E-state index in [0.29, 0.717) is 0 Å². The van der Waals surface area contributed by atoms with Gasteiger partial charge in [0.15, 0.2) is 6.10 Å². The highest BCUT2D eigenvalue weighted by molar-refractivity contribution is 5.76. The van der Waals surface area contributed by atoms with Gasteiger partial charge in [-0.3, -0.25) is 9.69 Å². The van der Waals surface area contributed by atoms with E-state index >= 15 is 0 Å². The van der Waals surface area contributed by atoms with E-state index < -0.39 is 24.3 Å². The molecular weight excluding hydrogens is 262 g/mol. The Kier molecular flexibility index (Phi) is 3.31. The Morgan fingerprint density at radius 3 is 2.90 bits per heavy atom. The molecule has 1 N–H and O–H groups in total. The van der Waals surface area contributed by atoms with Gasteiger partial charge in [0.2, 0.25) is 0 Å². The minimum atomic E-state index is -0.837. The number of nitrogens with zero attached hydrogens (tertiary/aromatic N) is 1. The van der Waals surface area contributed by atoms with Crippen molar-refractivity contribution in [1.82, 2.24) is 4.90 Å². The average molecular weight is 277 g/mol. The minimum absolute atomic E-state index is 0.113. The summed E-state index contributed by atoms with van der Waals surface area (Å²) in [5.74, 6) is -0.389. The van der Waals surface area contributed by atoms with Gasteiger partial charge in [-0.25, -0.2) is 4.79 Å². The summed E-state index contributed by atoms with van der Waals surface area (Å²) >= 11 is 0. The largest absolute Gasteiger partial charge is 0.457 e. The lowest BCUT2D eigenvalue weighted by atomic mass is 10.1. The van der Waals surface area contributed by atoms with Gasteiger partial charge in [-0.1, -0.05) is 30.3 Å². The SMILES string of the molecule is O=C1C[C@@H]2[C@H](O1)[C@H](O)CN2C(=O)OCc1ccccc1. The van der Waals surface area contributed by atoms with Gasteiger partial charge in [-0.2, -0.15) is 0 Å². The molecule has 0 spiro atoms. The molecule has 2 saturated heterocycles. The summed E-state index contributed by atoms with van der Waals surface area (Å²) in [6, 6.07) is 8.91. The maximum Gasteiger partial charge on any atom is 0.410 e. The third-order valence-electron chi connectivity index (χ3n) is 3.63. The van der Waals surface area contributed by atoms with Crippen LogP contribution in [0.4, 0.5) is 4.79 Å². The molecular formula is C14H15NO5. The fraction of sp³-hybridized carbons (Fsp3) is 0.429. The fourth-order valence-corrected chi connectivity index (χ4v) is 2.64. The molecule has 1 aromatic carbocycles. The topological polar surface area (TPSA) is 76.1 Å². The molecule has 2 heterocycles. The van der Waals surface area contributed by atoms with Crippen LogP contribution in [-0.2, 0) is 20.9 Å².